The lowest BCUT2D eigenvalue weighted by molar-refractivity contribution is -0.137. The van der Waals surface area contributed by atoms with Crippen molar-refractivity contribution in [1.29, 1.82) is 0 Å². The smallest absolute Gasteiger partial charge is 0.343 e. The molecule has 0 saturated carbocycles. The maximum atomic E-state index is 13.1. The Bertz CT molecular complexity index is 1240. The van der Waals surface area contributed by atoms with Crippen LogP contribution in [0.15, 0.2) is 48.7 Å². The molecule has 2 amide bonds. The predicted molar refractivity (Wildman–Crippen MR) is 118 cm³/mol. The second kappa shape index (κ2) is 8.72. The average Bonchev–Trinajstić information content (AvgIpc) is 3.15. The van der Waals surface area contributed by atoms with Crippen LogP contribution in [0.3, 0.4) is 0 Å². The molecule has 1 aliphatic rings. The summed E-state index contributed by atoms with van der Waals surface area (Å²) >= 11 is 11.9. The standard InChI is InChI=1S/C22H17Cl2F3N4O2/c1-30-19-17(29-20(32)13-4-2-3-5-15(13)23)8-9-31(18(19)11-28-30)21(33)12-6-7-14(16(24)10-12)22(25,26)27/h2-7,10-11,17H,8-9H2,1H3,(H,29,32). The first-order chi connectivity index (χ1) is 15.6. The molecule has 1 unspecified atom stereocenters. The van der Waals surface area contributed by atoms with Crippen LogP contribution in [-0.4, -0.2) is 28.1 Å². The van der Waals surface area contributed by atoms with Gasteiger partial charge in [-0.1, -0.05) is 35.3 Å². The fourth-order valence-corrected chi connectivity index (χ4v) is 4.34. The first-order valence-electron chi connectivity index (χ1n) is 9.84. The zero-order valence-electron chi connectivity index (χ0n) is 17.2. The van der Waals surface area contributed by atoms with Gasteiger partial charge in [0.15, 0.2) is 0 Å². The van der Waals surface area contributed by atoms with E-state index in [1.807, 2.05) is 0 Å². The highest BCUT2D eigenvalue weighted by Gasteiger charge is 2.36. The van der Waals surface area contributed by atoms with Gasteiger partial charge in [-0.3, -0.25) is 14.3 Å². The van der Waals surface area contributed by atoms with Crippen molar-refractivity contribution in [2.24, 2.45) is 7.05 Å². The number of nitrogens with zero attached hydrogens (tertiary/aromatic N) is 3. The lowest BCUT2D eigenvalue weighted by atomic mass is 10.0. The minimum atomic E-state index is -4.62. The summed E-state index contributed by atoms with van der Waals surface area (Å²) in [6.07, 6.45) is -2.77. The molecule has 0 bridgehead atoms. The van der Waals surface area contributed by atoms with Crippen LogP contribution in [0.5, 0.6) is 0 Å². The van der Waals surface area contributed by atoms with Crippen molar-refractivity contribution < 1.29 is 22.8 Å². The Morgan fingerprint density at radius 3 is 2.52 bits per heavy atom. The van der Waals surface area contributed by atoms with Gasteiger partial charge in [0.1, 0.15) is 0 Å². The Hall–Kier alpha value is -3.04. The molecule has 3 aromatic rings. The average molecular weight is 497 g/mol. The van der Waals surface area contributed by atoms with Gasteiger partial charge in [-0.15, -0.1) is 0 Å². The first-order valence-corrected chi connectivity index (χ1v) is 10.6. The molecule has 1 N–H and O–H groups in total. The molecule has 0 aliphatic carbocycles. The molecule has 2 heterocycles. The minimum Gasteiger partial charge on any atom is -0.343 e. The zero-order valence-corrected chi connectivity index (χ0v) is 18.7. The molecular formula is C22H17Cl2F3N4O2. The molecular weight excluding hydrogens is 480 g/mol. The highest BCUT2D eigenvalue weighted by molar-refractivity contribution is 6.33. The van der Waals surface area contributed by atoms with Crippen LogP contribution < -0.4 is 10.2 Å². The third-order valence-corrected chi connectivity index (χ3v) is 6.06. The number of aryl methyl sites for hydroxylation is 1. The molecule has 33 heavy (non-hydrogen) atoms. The van der Waals surface area contributed by atoms with Crippen molar-refractivity contribution in [1.82, 2.24) is 15.1 Å². The largest absolute Gasteiger partial charge is 0.417 e. The topological polar surface area (TPSA) is 67.2 Å². The second-order valence-electron chi connectivity index (χ2n) is 7.48. The second-order valence-corrected chi connectivity index (χ2v) is 8.30. The number of amides is 2. The molecule has 1 aromatic heterocycles. The molecule has 0 spiro atoms. The molecule has 2 aromatic carbocycles. The number of benzene rings is 2. The summed E-state index contributed by atoms with van der Waals surface area (Å²) in [7, 11) is 1.68. The van der Waals surface area contributed by atoms with Gasteiger partial charge in [0.25, 0.3) is 11.8 Å². The Balaban J connectivity index is 1.60. The van der Waals surface area contributed by atoms with Gasteiger partial charge in [-0.25, -0.2) is 0 Å². The molecule has 0 radical (unpaired) electrons. The third kappa shape index (κ3) is 4.43. The van der Waals surface area contributed by atoms with E-state index in [0.29, 0.717) is 28.4 Å². The Morgan fingerprint density at radius 1 is 1.12 bits per heavy atom. The van der Waals surface area contributed by atoms with Crippen molar-refractivity contribution in [2.45, 2.75) is 18.6 Å². The number of rotatable bonds is 3. The zero-order chi connectivity index (χ0) is 23.9. The Kier molecular flexibility index (Phi) is 6.11. The summed E-state index contributed by atoms with van der Waals surface area (Å²) in [5.74, 6) is -0.886. The molecule has 1 atom stereocenters. The molecule has 0 fully saturated rings. The molecule has 0 saturated heterocycles. The minimum absolute atomic E-state index is 0.0151. The maximum Gasteiger partial charge on any atom is 0.417 e. The molecule has 6 nitrogen and oxygen atoms in total. The van der Waals surface area contributed by atoms with E-state index in [9.17, 15) is 22.8 Å². The van der Waals surface area contributed by atoms with E-state index in [2.05, 4.69) is 10.4 Å². The fraction of sp³-hybridized carbons (Fsp3) is 0.227. The van der Waals surface area contributed by atoms with E-state index in [1.165, 1.54) is 11.1 Å². The normalized spacial score (nSPS) is 15.8. The highest BCUT2D eigenvalue weighted by Crippen LogP contribution is 2.37. The summed E-state index contributed by atoms with van der Waals surface area (Å²) in [5, 5.41) is 6.89. The number of fused-ring (bicyclic) bond motifs is 1. The monoisotopic (exact) mass is 496 g/mol. The number of anilines is 1. The number of nitrogens with one attached hydrogen (secondary N) is 1. The van der Waals surface area contributed by atoms with Crippen LogP contribution in [-0.2, 0) is 13.2 Å². The number of hydrogen-bond donors (Lipinski definition) is 1. The van der Waals surface area contributed by atoms with Gasteiger partial charge in [0, 0.05) is 19.2 Å². The molecule has 4 rings (SSSR count). The maximum absolute atomic E-state index is 13.1. The Labute approximate surface area is 196 Å². The van der Waals surface area contributed by atoms with Gasteiger partial charge in [-0.2, -0.15) is 18.3 Å². The van der Waals surface area contributed by atoms with Gasteiger partial charge < -0.3 is 10.2 Å². The van der Waals surface area contributed by atoms with Gasteiger partial charge in [-0.05, 0) is 36.8 Å². The summed E-state index contributed by atoms with van der Waals surface area (Å²) in [6, 6.07) is 9.08. The number of aromatic nitrogens is 2. The number of halogens is 5. The van der Waals surface area contributed by atoms with E-state index >= 15 is 0 Å². The highest BCUT2D eigenvalue weighted by atomic mass is 35.5. The predicted octanol–water partition coefficient (Wildman–Crippen LogP) is 5.27. The quantitative estimate of drug-likeness (QED) is 0.537. The van der Waals surface area contributed by atoms with Crippen LogP contribution in [0.1, 0.15) is 44.4 Å². The van der Waals surface area contributed by atoms with Crippen LogP contribution in [0, 0.1) is 0 Å². The van der Waals surface area contributed by atoms with E-state index < -0.39 is 28.7 Å². The summed E-state index contributed by atoms with van der Waals surface area (Å²) in [5.41, 5.74) is 0.369. The molecule has 11 heteroatoms. The number of hydrogen-bond acceptors (Lipinski definition) is 3. The van der Waals surface area contributed by atoms with Crippen LogP contribution >= 0.6 is 23.2 Å². The van der Waals surface area contributed by atoms with Gasteiger partial charge in [0.2, 0.25) is 0 Å². The van der Waals surface area contributed by atoms with Crippen LogP contribution in [0.2, 0.25) is 10.0 Å². The number of carbonyl (C=O) groups excluding carboxylic acids is 2. The number of carbonyl (C=O) groups is 2. The van der Waals surface area contributed by atoms with Gasteiger partial charge >= 0.3 is 6.18 Å². The van der Waals surface area contributed by atoms with E-state index in [0.717, 1.165) is 18.2 Å². The molecule has 1 aliphatic heterocycles. The van der Waals surface area contributed by atoms with Crippen molar-refractivity contribution >= 4 is 40.7 Å². The van der Waals surface area contributed by atoms with Crippen molar-refractivity contribution in [3.63, 3.8) is 0 Å². The van der Waals surface area contributed by atoms with E-state index in [4.69, 9.17) is 23.2 Å². The Morgan fingerprint density at radius 2 is 1.85 bits per heavy atom. The summed E-state index contributed by atoms with van der Waals surface area (Å²) in [6.45, 7) is 0.212. The SMILES string of the molecule is Cn1ncc2c1C(NC(=O)c1ccccc1Cl)CCN2C(=O)c1ccc(C(F)(F)F)c(Cl)c1. The van der Waals surface area contributed by atoms with Crippen LogP contribution in [0.25, 0.3) is 0 Å². The van der Waals surface area contributed by atoms with Crippen molar-refractivity contribution in [3.8, 4) is 0 Å². The van der Waals surface area contributed by atoms with Crippen molar-refractivity contribution in [3.05, 3.63) is 81.1 Å². The number of alkyl halides is 3. The van der Waals surface area contributed by atoms with Gasteiger partial charge in [0.05, 0.1) is 44.8 Å². The summed E-state index contributed by atoms with van der Waals surface area (Å²) in [4.78, 5) is 27.3. The first kappa shape index (κ1) is 23.1. The fourth-order valence-electron chi connectivity index (χ4n) is 3.83. The van der Waals surface area contributed by atoms with Crippen LogP contribution in [0.4, 0.5) is 18.9 Å². The van der Waals surface area contributed by atoms with Crippen molar-refractivity contribution in [2.75, 3.05) is 11.4 Å². The molecule has 172 valence electrons. The van der Waals surface area contributed by atoms with E-state index in [1.54, 1.807) is 36.0 Å². The van der Waals surface area contributed by atoms with E-state index in [-0.39, 0.29) is 18.0 Å². The lowest BCUT2D eigenvalue weighted by Crippen LogP contribution is -2.41. The lowest BCUT2D eigenvalue weighted by Gasteiger charge is -2.32. The summed E-state index contributed by atoms with van der Waals surface area (Å²) < 4.78 is 40.5. The third-order valence-electron chi connectivity index (χ3n) is 5.42.